The Labute approximate surface area is 79.3 Å². The molecule has 0 saturated carbocycles. The first-order valence-electron chi connectivity index (χ1n) is 3.81. The molecule has 0 aromatic rings. The first-order chi connectivity index (χ1) is 6.20. The first-order valence-corrected chi connectivity index (χ1v) is 4.86. The second-order valence-corrected chi connectivity index (χ2v) is 4.03. The first kappa shape index (κ1) is 8.58. The Morgan fingerprint density at radius 2 is 2.62 bits per heavy atom. The van der Waals surface area contributed by atoms with Crippen LogP contribution in [0.5, 0.6) is 0 Å². The highest BCUT2D eigenvalue weighted by Crippen LogP contribution is 2.37. The van der Waals surface area contributed by atoms with Gasteiger partial charge in [-0.3, -0.25) is 20.2 Å². The molecule has 0 spiro atoms. The molecule has 0 radical (unpaired) electrons. The summed E-state index contributed by atoms with van der Waals surface area (Å²) in [5.41, 5.74) is 4.53. The molecule has 70 valence electrons. The maximum atomic E-state index is 11.4. The molecule has 3 N–H and O–H groups in total. The van der Waals surface area contributed by atoms with Gasteiger partial charge in [-0.25, -0.2) is 0 Å². The minimum absolute atomic E-state index is 0.157. The molecule has 2 rings (SSSR count). The number of hydrogen-bond donors (Lipinski definition) is 2. The second kappa shape index (κ2) is 2.74. The Morgan fingerprint density at radius 1 is 1.85 bits per heavy atom. The predicted octanol–water partition coefficient (Wildman–Crippen LogP) is -1.18. The van der Waals surface area contributed by atoms with Crippen LogP contribution in [-0.2, 0) is 9.59 Å². The molecule has 0 aromatic heterocycles. The van der Waals surface area contributed by atoms with Crippen molar-refractivity contribution in [1.82, 2.24) is 10.2 Å². The highest BCUT2D eigenvalue weighted by atomic mass is 32.2. The summed E-state index contributed by atoms with van der Waals surface area (Å²) < 4.78 is 0. The van der Waals surface area contributed by atoms with Gasteiger partial charge in [0.05, 0.1) is 0 Å². The van der Waals surface area contributed by atoms with Gasteiger partial charge in [-0.2, -0.15) is 0 Å². The Morgan fingerprint density at radius 3 is 3.31 bits per heavy atom. The van der Waals surface area contributed by atoms with Gasteiger partial charge in [-0.15, -0.1) is 11.8 Å². The molecule has 0 aliphatic carbocycles. The van der Waals surface area contributed by atoms with Crippen LogP contribution in [0.15, 0.2) is 12.3 Å². The minimum Gasteiger partial charge on any atom is -0.330 e. The number of thioether (sulfide) groups is 1. The van der Waals surface area contributed by atoms with E-state index in [0.717, 1.165) is 5.75 Å². The van der Waals surface area contributed by atoms with Crippen molar-refractivity contribution < 1.29 is 9.59 Å². The fourth-order valence-corrected chi connectivity index (χ4v) is 2.61. The maximum absolute atomic E-state index is 11.4. The molecule has 2 atom stereocenters. The second-order valence-electron chi connectivity index (χ2n) is 2.91. The SMILES string of the molecule is NC1(NC=O)C(=O)N2C=CCS[C@H]21. The molecule has 1 saturated heterocycles. The van der Waals surface area contributed by atoms with Crippen LogP contribution in [0.2, 0.25) is 0 Å². The number of hydrogen-bond acceptors (Lipinski definition) is 4. The molecule has 1 fully saturated rings. The van der Waals surface area contributed by atoms with Crippen molar-refractivity contribution in [3.63, 3.8) is 0 Å². The van der Waals surface area contributed by atoms with E-state index in [1.54, 1.807) is 6.20 Å². The van der Waals surface area contributed by atoms with Crippen molar-refractivity contribution in [2.75, 3.05) is 5.75 Å². The lowest BCUT2D eigenvalue weighted by molar-refractivity contribution is -0.152. The van der Waals surface area contributed by atoms with Crippen LogP contribution in [0, 0.1) is 0 Å². The molecule has 6 heteroatoms. The smallest absolute Gasteiger partial charge is 0.271 e. The third-order valence-electron chi connectivity index (χ3n) is 2.14. The zero-order valence-corrected chi connectivity index (χ0v) is 7.58. The summed E-state index contributed by atoms with van der Waals surface area (Å²) in [7, 11) is 0. The summed E-state index contributed by atoms with van der Waals surface area (Å²) in [6.45, 7) is 0. The van der Waals surface area contributed by atoms with Crippen LogP contribution < -0.4 is 11.1 Å². The molecule has 2 heterocycles. The van der Waals surface area contributed by atoms with Crippen molar-refractivity contribution in [3.05, 3.63) is 12.3 Å². The van der Waals surface area contributed by atoms with Crippen LogP contribution >= 0.6 is 11.8 Å². The third kappa shape index (κ3) is 0.988. The van der Waals surface area contributed by atoms with E-state index >= 15 is 0 Å². The van der Waals surface area contributed by atoms with E-state index in [4.69, 9.17) is 5.73 Å². The zero-order chi connectivity index (χ0) is 9.47. The van der Waals surface area contributed by atoms with Gasteiger partial charge < -0.3 is 5.32 Å². The van der Waals surface area contributed by atoms with Gasteiger partial charge in [0.15, 0.2) is 0 Å². The monoisotopic (exact) mass is 199 g/mol. The number of carbonyl (C=O) groups is 2. The number of β-lactam (4-membered cyclic amide) rings is 1. The topological polar surface area (TPSA) is 75.4 Å². The van der Waals surface area contributed by atoms with Crippen molar-refractivity contribution in [1.29, 1.82) is 0 Å². The summed E-state index contributed by atoms with van der Waals surface area (Å²) in [4.78, 5) is 23.2. The van der Waals surface area contributed by atoms with Crippen LogP contribution in [0.1, 0.15) is 0 Å². The molecule has 5 nitrogen and oxygen atoms in total. The highest BCUT2D eigenvalue weighted by Gasteiger charge is 2.58. The van der Waals surface area contributed by atoms with Crippen molar-refractivity contribution >= 4 is 24.1 Å². The Kier molecular flexibility index (Phi) is 1.81. The molecular weight excluding hydrogens is 190 g/mol. The van der Waals surface area contributed by atoms with Gasteiger partial charge in [0.1, 0.15) is 5.37 Å². The fraction of sp³-hybridized carbons (Fsp3) is 0.429. The summed E-state index contributed by atoms with van der Waals surface area (Å²) in [6.07, 6.45) is 4.06. The van der Waals surface area contributed by atoms with E-state index in [2.05, 4.69) is 5.32 Å². The predicted molar refractivity (Wildman–Crippen MR) is 48.4 cm³/mol. The van der Waals surface area contributed by atoms with Gasteiger partial charge in [-0.1, -0.05) is 6.08 Å². The summed E-state index contributed by atoms with van der Waals surface area (Å²) in [5.74, 6) is 0.557. The van der Waals surface area contributed by atoms with E-state index in [1.807, 2.05) is 6.08 Å². The lowest BCUT2D eigenvalue weighted by atomic mass is 10.0. The van der Waals surface area contributed by atoms with Crippen LogP contribution in [-0.4, -0.2) is 34.0 Å². The Balaban J connectivity index is 2.21. The largest absolute Gasteiger partial charge is 0.330 e. The number of carbonyl (C=O) groups excluding carboxylic acids is 2. The van der Waals surface area contributed by atoms with E-state index in [0.29, 0.717) is 6.41 Å². The third-order valence-corrected chi connectivity index (χ3v) is 3.44. The molecule has 2 aliphatic rings. The highest BCUT2D eigenvalue weighted by molar-refractivity contribution is 8.00. The molecule has 1 unspecified atom stereocenters. The normalized spacial score (nSPS) is 36.5. The molecule has 0 aromatic carbocycles. The van der Waals surface area contributed by atoms with Crippen molar-refractivity contribution in [2.45, 2.75) is 11.0 Å². The Bertz CT molecular complexity index is 293. The molecule has 2 amide bonds. The summed E-state index contributed by atoms with van der Waals surface area (Å²) in [5, 5.41) is 2.20. The Hall–Kier alpha value is -1.01. The standard InChI is InChI=1S/C7H9N3O2S/c8-7(9-4-11)5(12)10-2-1-3-13-6(7)10/h1-2,4,6H,3,8H2,(H,9,11)/t6-,7?/m0/s1. The number of nitrogens with zero attached hydrogens (tertiary/aromatic N) is 1. The average Bonchev–Trinajstić information content (AvgIpc) is 2.17. The van der Waals surface area contributed by atoms with E-state index < -0.39 is 5.66 Å². The van der Waals surface area contributed by atoms with Crippen LogP contribution in [0.3, 0.4) is 0 Å². The molecule has 2 aliphatic heterocycles. The number of nitrogens with one attached hydrogen (secondary N) is 1. The molecular formula is C7H9N3O2S. The molecule has 13 heavy (non-hydrogen) atoms. The number of fused-ring (bicyclic) bond motifs is 1. The minimum atomic E-state index is -1.20. The van der Waals surface area contributed by atoms with E-state index in [1.165, 1.54) is 16.7 Å². The van der Waals surface area contributed by atoms with E-state index in [-0.39, 0.29) is 11.3 Å². The zero-order valence-electron chi connectivity index (χ0n) is 6.77. The van der Waals surface area contributed by atoms with Gasteiger partial charge >= 0.3 is 0 Å². The van der Waals surface area contributed by atoms with Crippen molar-refractivity contribution in [2.24, 2.45) is 5.73 Å². The average molecular weight is 199 g/mol. The maximum Gasteiger partial charge on any atom is 0.271 e. The molecule has 0 bridgehead atoms. The summed E-state index contributed by atoms with van der Waals surface area (Å²) >= 11 is 1.54. The van der Waals surface area contributed by atoms with Gasteiger partial charge in [0, 0.05) is 12.0 Å². The van der Waals surface area contributed by atoms with Gasteiger partial charge in [-0.05, 0) is 0 Å². The van der Waals surface area contributed by atoms with E-state index in [9.17, 15) is 9.59 Å². The fourth-order valence-electron chi connectivity index (χ4n) is 1.47. The quantitative estimate of drug-likeness (QED) is 0.333. The summed E-state index contributed by atoms with van der Waals surface area (Å²) in [6, 6.07) is 0. The number of amides is 2. The number of rotatable bonds is 2. The van der Waals surface area contributed by atoms with Gasteiger partial charge in [0.2, 0.25) is 12.1 Å². The lowest BCUT2D eigenvalue weighted by Gasteiger charge is -2.52. The van der Waals surface area contributed by atoms with Crippen LogP contribution in [0.4, 0.5) is 0 Å². The van der Waals surface area contributed by atoms with Crippen LogP contribution in [0.25, 0.3) is 0 Å². The lowest BCUT2D eigenvalue weighted by Crippen LogP contribution is -2.82. The van der Waals surface area contributed by atoms with Gasteiger partial charge in [0.25, 0.3) is 5.91 Å². The number of nitrogens with two attached hydrogens (primary N) is 1. The van der Waals surface area contributed by atoms with Crippen molar-refractivity contribution in [3.8, 4) is 0 Å².